The average Bonchev–Trinajstić information content (AvgIpc) is 1.97. The minimum absolute atomic E-state index is 0.0839. The molecule has 0 aromatic rings. The molecule has 0 saturated carbocycles. The highest BCUT2D eigenvalue weighted by Gasteiger charge is 2.01. The number of rotatable bonds is 0. The zero-order chi connectivity index (χ0) is 6.69. The Labute approximate surface area is 55.1 Å². The van der Waals surface area contributed by atoms with Crippen LogP contribution < -0.4 is 0 Å². The van der Waals surface area contributed by atoms with E-state index in [2.05, 4.69) is 6.92 Å². The van der Waals surface area contributed by atoms with E-state index in [9.17, 15) is 4.39 Å². The molecular weight excluding hydrogens is 115 g/mol. The van der Waals surface area contributed by atoms with Gasteiger partial charge in [-0.05, 0) is 30.9 Å². The summed E-state index contributed by atoms with van der Waals surface area (Å²) in [7, 11) is 0. The van der Waals surface area contributed by atoms with Crippen LogP contribution in [0.25, 0.3) is 0 Å². The lowest BCUT2D eigenvalue weighted by Crippen LogP contribution is -1.86. The fraction of sp³-hybridized carbons (Fsp3) is 0.500. The Morgan fingerprint density at radius 1 is 1.56 bits per heavy atom. The predicted octanol–water partition coefficient (Wildman–Crippen LogP) is 2.83. The van der Waals surface area contributed by atoms with E-state index in [0.29, 0.717) is 5.92 Å². The Balaban J connectivity index is 2.58. The summed E-state index contributed by atoms with van der Waals surface area (Å²) in [6.07, 6.45) is 6.96. The minimum Gasteiger partial charge on any atom is -0.207 e. The van der Waals surface area contributed by atoms with Crippen LogP contribution >= 0.6 is 0 Å². The van der Waals surface area contributed by atoms with Crippen molar-refractivity contribution in [3.8, 4) is 0 Å². The molecule has 0 aromatic carbocycles. The average molecular weight is 126 g/mol. The topological polar surface area (TPSA) is 0 Å². The molecule has 0 aromatic heterocycles. The summed E-state index contributed by atoms with van der Waals surface area (Å²) in [5.41, 5.74) is 0. The van der Waals surface area contributed by atoms with E-state index in [-0.39, 0.29) is 5.83 Å². The molecule has 0 nitrogen and oxygen atoms in total. The van der Waals surface area contributed by atoms with E-state index in [0.717, 1.165) is 12.8 Å². The second-order valence-corrected chi connectivity index (χ2v) is 2.57. The molecule has 0 amide bonds. The molecule has 0 N–H and O–H groups in total. The highest BCUT2D eigenvalue weighted by Crippen LogP contribution is 2.16. The van der Waals surface area contributed by atoms with Gasteiger partial charge in [0.05, 0.1) is 0 Å². The van der Waals surface area contributed by atoms with Crippen molar-refractivity contribution in [1.82, 2.24) is 0 Å². The van der Waals surface area contributed by atoms with Gasteiger partial charge in [0.25, 0.3) is 0 Å². The molecule has 1 heteroatoms. The zero-order valence-corrected chi connectivity index (χ0v) is 5.60. The lowest BCUT2D eigenvalue weighted by atomic mass is 10.1. The van der Waals surface area contributed by atoms with E-state index < -0.39 is 0 Å². The van der Waals surface area contributed by atoms with Gasteiger partial charge in [-0.15, -0.1) is 0 Å². The maximum atomic E-state index is 12.4. The molecule has 1 rings (SSSR count). The van der Waals surface area contributed by atoms with Crippen LogP contribution in [0.15, 0.2) is 24.1 Å². The molecule has 0 fully saturated rings. The summed E-state index contributed by atoms with van der Waals surface area (Å²) in [5.74, 6) is 0.522. The first-order valence-corrected chi connectivity index (χ1v) is 3.31. The van der Waals surface area contributed by atoms with Gasteiger partial charge in [-0.1, -0.05) is 13.0 Å². The van der Waals surface area contributed by atoms with Crippen molar-refractivity contribution in [2.24, 2.45) is 5.92 Å². The highest BCUT2D eigenvalue weighted by molar-refractivity contribution is 5.13. The number of halogens is 1. The van der Waals surface area contributed by atoms with Crippen LogP contribution in [0.4, 0.5) is 4.39 Å². The first kappa shape index (κ1) is 6.53. The molecule has 9 heavy (non-hydrogen) atoms. The fourth-order valence-corrected chi connectivity index (χ4v) is 0.891. The van der Waals surface area contributed by atoms with Gasteiger partial charge >= 0.3 is 0 Å². The number of allylic oxidation sites excluding steroid dienone is 4. The van der Waals surface area contributed by atoms with Gasteiger partial charge in [0.15, 0.2) is 0 Å². The van der Waals surface area contributed by atoms with Crippen LogP contribution in [0.5, 0.6) is 0 Å². The molecule has 0 bridgehead atoms. The van der Waals surface area contributed by atoms with E-state index in [1.54, 1.807) is 12.2 Å². The van der Waals surface area contributed by atoms with Crippen molar-refractivity contribution < 1.29 is 4.39 Å². The maximum absolute atomic E-state index is 12.4. The van der Waals surface area contributed by atoms with Crippen molar-refractivity contribution in [2.75, 3.05) is 0 Å². The van der Waals surface area contributed by atoms with E-state index >= 15 is 0 Å². The fourth-order valence-electron chi connectivity index (χ4n) is 0.891. The van der Waals surface area contributed by atoms with Crippen LogP contribution in [-0.2, 0) is 0 Å². The third kappa shape index (κ3) is 2.00. The zero-order valence-electron chi connectivity index (χ0n) is 5.60. The van der Waals surface area contributed by atoms with Gasteiger partial charge < -0.3 is 0 Å². The van der Waals surface area contributed by atoms with Crippen LogP contribution in [0.1, 0.15) is 19.8 Å². The summed E-state index contributed by atoms with van der Waals surface area (Å²) in [4.78, 5) is 0. The molecular formula is C8H11F. The molecule has 0 aliphatic heterocycles. The molecule has 1 aliphatic rings. The van der Waals surface area contributed by atoms with Crippen LogP contribution in [0.2, 0.25) is 0 Å². The highest BCUT2D eigenvalue weighted by atomic mass is 19.1. The molecule has 0 spiro atoms. The van der Waals surface area contributed by atoms with E-state index in [1.165, 1.54) is 0 Å². The molecule has 50 valence electrons. The van der Waals surface area contributed by atoms with Gasteiger partial charge in [-0.2, -0.15) is 0 Å². The first-order chi connectivity index (χ1) is 4.29. The Morgan fingerprint density at radius 2 is 2.33 bits per heavy atom. The van der Waals surface area contributed by atoms with Gasteiger partial charge in [0, 0.05) is 0 Å². The largest absolute Gasteiger partial charge is 0.207 e. The van der Waals surface area contributed by atoms with Crippen molar-refractivity contribution >= 4 is 0 Å². The van der Waals surface area contributed by atoms with Crippen molar-refractivity contribution in [3.05, 3.63) is 24.1 Å². The lowest BCUT2D eigenvalue weighted by Gasteiger charge is -1.99. The normalized spacial score (nSPS) is 27.3. The monoisotopic (exact) mass is 126 g/mol. The molecule has 1 aliphatic carbocycles. The maximum Gasteiger partial charge on any atom is 0.118 e. The number of hydrogen-bond donors (Lipinski definition) is 0. The molecule has 0 saturated heterocycles. The van der Waals surface area contributed by atoms with Crippen molar-refractivity contribution in [2.45, 2.75) is 19.8 Å². The van der Waals surface area contributed by atoms with Crippen molar-refractivity contribution in [1.29, 1.82) is 0 Å². The third-order valence-electron chi connectivity index (χ3n) is 1.53. The first-order valence-electron chi connectivity index (χ1n) is 3.31. The smallest absolute Gasteiger partial charge is 0.118 e. The van der Waals surface area contributed by atoms with Gasteiger partial charge in [0.2, 0.25) is 0 Å². The third-order valence-corrected chi connectivity index (χ3v) is 1.53. The Bertz CT molecular complexity index is 145. The predicted molar refractivity (Wildman–Crippen MR) is 36.7 cm³/mol. The van der Waals surface area contributed by atoms with E-state index in [4.69, 9.17) is 0 Å². The Morgan fingerprint density at radius 3 is 3.11 bits per heavy atom. The van der Waals surface area contributed by atoms with Crippen molar-refractivity contribution in [3.63, 3.8) is 0 Å². The second kappa shape index (κ2) is 2.81. The van der Waals surface area contributed by atoms with E-state index in [1.807, 2.05) is 6.08 Å². The Kier molecular flexibility index (Phi) is 2.04. The molecule has 1 unspecified atom stereocenters. The quantitative estimate of drug-likeness (QED) is 0.468. The number of hydrogen-bond acceptors (Lipinski definition) is 0. The molecule has 1 atom stereocenters. The molecule has 0 radical (unpaired) electrons. The molecule has 0 heterocycles. The Hall–Kier alpha value is -0.590. The summed E-state index contributed by atoms with van der Waals surface area (Å²) < 4.78 is 12.4. The minimum atomic E-state index is -0.0839. The van der Waals surface area contributed by atoms with Crippen LogP contribution in [0, 0.1) is 5.92 Å². The second-order valence-electron chi connectivity index (χ2n) is 2.57. The van der Waals surface area contributed by atoms with Crippen LogP contribution in [-0.4, -0.2) is 0 Å². The van der Waals surface area contributed by atoms with Gasteiger partial charge in [-0.3, -0.25) is 0 Å². The summed E-state index contributed by atoms with van der Waals surface area (Å²) in [6.45, 7) is 2.12. The van der Waals surface area contributed by atoms with Gasteiger partial charge in [0.1, 0.15) is 5.83 Å². The lowest BCUT2D eigenvalue weighted by molar-refractivity contribution is 0.597. The van der Waals surface area contributed by atoms with Gasteiger partial charge in [-0.25, -0.2) is 4.39 Å². The summed E-state index contributed by atoms with van der Waals surface area (Å²) >= 11 is 0. The van der Waals surface area contributed by atoms with Crippen LogP contribution in [0.3, 0.4) is 0 Å². The summed E-state index contributed by atoms with van der Waals surface area (Å²) in [6, 6.07) is 0. The SMILES string of the molecule is CC1CC=CC(F)=CC1. The standard InChI is InChI=1S/C8H11F/c1-7-3-2-4-8(9)6-5-7/h2,4,6-7H,3,5H2,1H3. The summed E-state index contributed by atoms with van der Waals surface area (Å²) in [5, 5.41) is 0.